The number of anilines is 1. The molecule has 0 spiro atoms. The molecule has 0 atom stereocenters. The van der Waals surface area contributed by atoms with Gasteiger partial charge in [0.1, 0.15) is 17.2 Å². The van der Waals surface area contributed by atoms with Crippen molar-refractivity contribution >= 4 is 26.8 Å². The van der Waals surface area contributed by atoms with E-state index in [1.165, 1.54) is 6.26 Å². The summed E-state index contributed by atoms with van der Waals surface area (Å²) in [5.74, 6) is 1.75. The average Bonchev–Trinajstić information content (AvgIpc) is 3.06. The molecule has 0 amide bonds. The molecule has 1 aliphatic rings. The number of fused-ring (bicyclic) bond motifs is 1. The fraction of sp³-hybridized carbons (Fsp3) is 0.400. The van der Waals surface area contributed by atoms with Gasteiger partial charge < -0.3 is 14.2 Å². The van der Waals surface area contributed by atoms with Gasteiger partial charge in [-0.1, -0.05) is 6.92 Å². The molecule has 1 aliphatic heterocycles. The van der Waals surface area contributed by atoms with Crippen LogP contribution in [0.3, 0.4) is 0 Å². The van der Waals surface area contributed by atoms with Gasteiger partial charge in [0.05, 0.1) is 18.1 Å². The summed E-state index contributed by atoms with van der Waals surface area (Å²) in [6, 6.07) is 10.9. The highest BCUT2D eigenvalue weighted by Crippen LogP contribution is 2.27. The van der Waals surface area contributed by atoms with Gasteiger partial charge in [0.2, 0.25) is 0 Å². The molecule has 0 unspecified atom stereocenters. The molecular weight excluding hydrogens is 376 g/mol. The maximum Gasteiger partial charge on any atom is 0.175 e. The lowest BCUT2D eigenvalue weighted by Gasteiger charge is -2.27. The summed E-state index contributed by atoms with van der Waals surface area (Å²) in [5.41, 5.74) is 2.58. The number of sulfone groups is 1. The van der Waals surface area contributed by atoms with Gasteiger partial charge in [0.25, 0.3) is 0 Å². The van der Waals surface area contributed by atoms with Gasteiger partial charge >= 0.3 is 0 Å². The van der Waals surface area contributed by atoms with E-state index in [9.17, 15) is 8.42 Å². The Kier molecular flexibility index (Phi) is 5.07. The second-order valence-corrected chi connectivity index (χ2v) is 9.01. The van der Waals surface area contributed by atoms with E-state index in [1.807, 2.05) is 24.3 Å². The number of morpholine rings is 1. The minimum atomic E-state index is -3.22. The van der Waals surface area contributed by atoms with Crippen LogP contribution in [0.4, 0.5) is 5.82 Å². The first-order valence-corrected chi connectivity index (χ1v) is 11.4. The predicted octanol–water partition coefficient (Wildman–Crippen LogP) is 2.75. The molecule has 3 aromatic rings. The molecule has 1 fully saturated rings. The van der Waals surface area contributed by atoms with E-state index in [2.05, 4.69) is 16.4 Å². The first kappa shape index (κ1) is 18.9. The molecule has 0 aliphatic carbocycles. The number of hydrogen-bond acceptors (Lipinski definition) is 6. The minimum absolute atomic E-state index is 0.308. The Morgan fingerprint density at radius 2 is 1.75 bits per heavy atom. The van der Waals surface area contributed by atoms with E-state index in [-0.39, 0.29) is 0 Å². The smallest absolute Gasteiger partial charge is 0.175 e. The number of ether oxygens (including phenoxy) is 1. The maximum absolute atomic E-state index is 11.7. The monoisotopic (exact) mass is 400 g/mol. The molecule has 3 heterocycles. The Bertz CT molecular complexity index is 1080. The first-order valence-electron chi connectivity index (χ1n) is 9.48. The van der Waals surface area contributed by atoms with E-state index >= 15 is 0 Å². The standard InChI is InChI=1S/C20H24N4O3S/c1-3-10-24-19(15-4-6-16(7-5-15)28(2,25)26)21-17-8-9-18(22-20(17)24)23-11-13-27-14-12-23/h4-9H,3,10-14H2,1-2H3. The molecular formula is C20H24N4O3S. The lowest BCUT2D eigenvalue weighted by molar-refractivity contribution is 0.122. The van der Waals surface area contributed by atoms with Gasteiger partial charge in [-0.05, 0) is 42.8 Å². The Balaban J connectivity index is 1.78. The van der Waals surface area contributed by atoms with Gasteiger partial charge in [-0.25, -0.2) is 18.4 Å². The van der Waals surface area contributed by atoms with Crippen LogP contribution in [0.25, 0.3) is 22.6 Å². The fourth-order valence-corrected chi connectivity index (χ4v) is 4.10. The molecule has 7 nitrogen and oxygen atoms in total. The Morgan fingerprint density at radius 3 is 2.39 bits per heavy atom. The van der Waals surface area contributed by atoms with Gasteiger partial charge in [-0.2, -0.15) is 0 Å². The van der Waals surface area contributed by atoms with Crippen LogP contribution < -0.4 is 4.90 Å². The second kappa shape index (κ2) is 7.52. The van der Waals surface area contributed by atoms with Crippen LogP contribution in [0.2, 0.25) is 0 Å². The molecule has 1 aromatic carbocycles. The lowest BCUT2D eigenvalue weighted by Crippen LogP contribution is -2.36. The Morgan fingerprint density at radius 1 is 1.04 bits per heavy atom. The number of benzene rings is 1. The van der Waals surface area contributed by atoms with Crippen molar-refractivity contribution in [3.63, 3.8) is 0 Å². The van der Waals surface area contributed by atoms with Gasteiger partial charge in [0, 0.05) is 31.5 Å². The maximum atomic E-state index is 11.7. The number of pyridine rings is 1. The predicted molar refractivity (Wildman–Crippen MR) is 109 cm³/mol. The summed E-state index contributed by atoms with van der Waals surface area (Å²) in [6.07, 6.45) is 2.16. The Labute approximate surface area is 164 Å². The number of aryl methyl sites for hydroxylation is 1. The lowest BCUT2D eigenvalue weighted by atomic mass is 10.2. The number of aromatic nitrogens is 3. The van der Waals surface area contributed by atoms with Crippen molar-refractivity contribution in [2.75, 3.05) is 37.5 Å². The zero-order valence-electron chi connectivity index (χ0n) is 16.1. The van der Waals surface area contributed by atoms with Gasteiger partial charge in [0.15, 0.2) is 15.5 Å². The summed E-state index contributed by atoms with van der Waals surface area (Å²) < 4.78 is 31.0. The van der Waals surface area contributed by atoms with E-state index in [0.717, 1.165) is 54.4 Å². The van der Waals surface area contributed by atoms with Crippen molar-refractivity contribution in [3.8, 4) is 11.4 Å². The summed E-state index contributed by atoms with van der Waals surface area (Å²) in [7, 11) is -3.22. The first-order chi connectivity index (χ1) is 13.5. The molecule has 148 valence electrons. The number of hydrogen-bond donors (Lipinski definition) is 0. The third-order valence-corrected chi connectivity index (χ3v) is 6.03. The summed E-state index contributed by atoms with van der Waals surface area (Å²) in [4.78, 5) is 12.2. The van der Waals surface area contributed by atoms with Crippen molar-refractivity contribution in [1.29, 1.82) is 0 Å². The van der Waals surface area contributed by atoms with Crippen LogP contribution in [0.15, 0.2) is 41.3 Å². The van der Waals surface area contributed by atoms with Crippen LogP contribution >= 0.6 is 0 Å². The number of nitrogens with zero attached hydrogens (tertiary/aromatic N) is 4. The molecule has 0 saturated carbocycles. The minimum Gasteiger partial charge on any atom is -0.378 e. The molecule has 2 aromatic heterocycles. The van der Waals surface area contributed by atoms with Crippen molar-refractivity contribution in [2.24, 2.45) is 0 Å². The second-order valence-electron chi connectivity index (χ2n) is 7.00. The quantitative estimate of drug-likeness (QED) is 0.655. The fourth-order valence-electron chi connectivity index (χ4n) is 3.47. The number of imidazole rings is 1. The van der Waals surface area contributed by atoms with Gasteiger partial charge in [-0.15, -0.1) is 0 Å². The van der Waals surface area contributed by atoms with Crippen LogP contribution in [-0.4, -0.2) is 55.5 Å². The van der Waals surface area contributed by atoms with Crippen LogP contribution in [-0.2, 0) is 21.1 Å². The summed E-state index contributed by atoms with van der Waals surface area (Å²) in [5, 5.41) is 0. The van der Waals surface area contributed by atoms with Crippen LogP contribution in [0.5, 0.6) is 0 Å². The van der Waals surface area contributed by atoms with Crippen molar-refractivity contribution < 1.29 is 13.2 Å². The molecule has 0 N–H and O–H groups in total. The highest BCUT2D eigenvalue weighted by molar-refractivity contribution is 7.90. The molecule has 8 heteroatoms. The third kappa shape index (κ3) is 3.62. The average molecular weight is 401 g/mol. The Hall–Kier alpha value is -2.45. The van der Waals surface area contributed by atoms with E-state index in [0.29, 0.717) is 18.1 Å². The van der Waals surface area contributed by atoms with E-state index in [1.54, 1.807) is 12.1 Å². The van der Waals surface area contributed by atoms with Crippen molar-refractivity contribution in [3.05, 3.63) is 36.4 Å². The van der Waals surface area contributed by atoms with Crippen LogP contribution in [0, 0.1) is 0 Å². The highest BCUT2D eigenvalue weighted by atomic mass is 32.2. The van der Waals surface area contributed by atoms with E-state index in [4.69, 9.17) is 14.7 Å². The van der Waals surface area contributed by atoms with Crippen LogP contribution in [0.1, 0.15) is 13.3 Å². The molecule has 0 radical (unpaired) electrons. The SMILES string of the molecule is CCCn1c(-c2ccc(S(C)(=O)=O)cc2)nc2ccc(N3CCOCC3)nc21. The molecule has 0 bridgehead atoms. The largest absolute Gasteiger partial charge is 0.378 e. The topological polar surface area (TPSA) is 77.3 Å². The zero-order chi connectivity index (χ0) is 19.7. The molecule has 4 rings (SSSR count). The van der Waals surface area contributed by atoms with E-state index < -0.39 is 9.84 Å². The summed E-state index contributed by atoms with van der Waals surface area (Å²) in [6.45, 7) is 6.01. The highest BCUT2D eigenvalue weighted by Gasteiger charge is 2.18. The third-order valence-electron chi connectivity index (χ3n) is 4.90. The van der Waals surface area contributed by atoms with Crippen molar-refractivity contribution in [2.45, 2.75) is 24.8 Å². The normalized spacial score (nSPS) is 15.3. The zero-order valence-corrected chi connectivity index (χ0v) is 16.9. The molecule has 28 heavy (non-hydrogen) atoms. The van der Waals surface area contributed by atoms with Gasteiger partial charge in [-0.3, -0.25) is 0 Å². The molecule has 1 saturated heterocycles. The number of rotatable bonds is 5. The summed E-state index contributed by atoms with van der Waals surface area (Å²) >= 11 is 0. The van der Waals surface area contributed by atoms with Crippen molar-refractivity contribution in [1.82, 2.24) is 14.5 Å².